The van der Waals surface area contributed by atoms with Crippen LogP contribution in [0.3, 0.4) is 0 Å². The molecule has 1 heterocycles. The first-order valence-electron chi connectivity index (χ1n) is 7.55. The smallest absolute Gasteiger partial charge is 0.246 e. The third kappa shape index (κ3) is 3.11. The summed E-state index contributed by atoms with van der Waals surface area (Å²) in [7, 11) is 1.52. The summed E-state index contributed by atoms with van der Waals surface area (Å²) in [5, 5.41) is 0. The molecule has 23 heavy (non-hydrogen) atoms. The number of carbonyl (C=O) groups is 1. The van der Waals surface area contributed by atoms with Crippen LogP contribution in [0.5, 0.6) is 0 Å². The van der Waals surface area contributed by atoms with Crippen LogP contribution < -0.4 is 10.6 Å². The number of nitrogens with two attached hydrogens (primary N) is 1. The number of methoxy groups -OCH3 is 1. The summed E-state index contributed by atoms with van der Waals surface area (Å²) in [6.45, 7) is 0.810. The average molecular weight is 314 g/mol. The number of nitrogens with zero attached hydrogens (tertiary/aromatic N) is 1. The molecule has 4 nitrogen and oxygen atoms in total. The SMILES string of the molecule is COCC(N)C(=O)N1CCc2cc(-c3cccc(F)c3)ccc21. The molecule has 0 fully saturated rings. The maximum absolute atomic E-state index is 13.4. The van der Waals surface area contributed by atoms with Crippen molar-refractivity contribution >= 4 is 11.6 Å². The van der Waals surface area contributed by atoms with Gasteiger partial charge in [0, 0.05) is 19.3 Å². The number of carbonyl (C=O) groups excluding carboxylic acids is 1. The molecule has 2 N–H and O–H groups in total. The van der Waals surface area contributed by atoms with E-state index in [1.165, 1.54) is 19.2 Å². The molecule has 1 atom stereocenters. The first-order valence-corrected chi connectivity index (χ1v) is 7.55. The monoisotopic (exact) mass is 314 g/mol. The molecular formula is C18H19FN2O2. The largest absolute Gasteiger partial charge is 0.383 e. The number of amides is 1. The summed E-state index contributed by atoms with van der Waals surface area (Å²) >= 11 is 0. The summed E-state index contributed by atoms with van der Waals surface area (Å²) in [5.41, 5.74) is 9.57. The third-order valence-corrected chi connectivity index (χ3v) is 4.06. The summed E-state index contributed by atoms with van der Waals surface area (Å²) in [6.07, 6.45) is 0.768. The molecule has 0 radical (unpaired) electrons. The zero-order valence-corrected chi connectivity index (χ0v) is 13.0. The van der Waals surface area contributed by atoms with Gasteiger partial charge in [0.25, 0.3) is 0 Å². The quantitative estimate of drug-likeness (QED) is 0.942. The highest BCUT2D eigenvalue weighted by Gasteiger charge is 2.28. The molecule has 2 aromatic carbocycles. The summed E-state index contributed by atoms with van der Waals surface area (Å²) in [5.74, 6) is -0.394. The molecule has 120 valence electrons. The first-order chi connectivity index (χ1) is 11.1. The Hall–Kier alpha value is -2.24. The van der Waals surface area contributed by atoms with E-state index >= 15 is 0 Å². The molecule has 1 aliphatic rings. The van der Waals surface area contributed by atoms with Crippen LogP contribution in [0.4, 0.5) is 10.1 Å². The maximum atomic E-state index is 13.4. The van der Waals surface area contributed by atoms with Gasteiger partial charge in [-0.3, -0.25) is 4.79 Å². The van der Waals surface area contributed by atoms with Crippen LogP contribution in [0.25, 0.3) is 11.1 Å². The number of hydrogen-bond acceptors (Lipinski definition) is 3. The standard InChI is InChI=1S/C18H19FN2O2/c1-23-11-16(20)18(22)21-8-7-14-9-13(5-6-17(14)21)12-3-2-4-15(19)10-12/h2-6,9-10,16H,7-8,11,20H2,1H3. The van der Waals surface area contributed by atoms with E-state index < -0.39 is 6.04 Å². The Morgan fingerprint density at radius 3 is 2.83 bits per heavy atom. The van der Waals surface area contributed by atoms with E-state index in [2.05, 4.69) is 0 Å². The van der Waals surface area contributed by atoms with Crippen molar-refractivity contribution < 1.29 is 13.9 Å². The second-order valence-corrected chi connectivity index (χ2v) is 5.66. The second kappa shape index (κ2) is 6.48. The van der Waals surface area contributed by atoms with Gasteiger partial charge in [-0.2, -0.15) is 0 Å². The fraction of sp³-hybridized carbons (Fsp3) is 0.278. The molecule has 1 aliphatic heterocycles. The number of ether oxygens (including phenoxy) is 1. The van der Waals surface area contributed by atoms with E-state index in [0.717, 1.165) is 28.8 Å². The normalized spacial score (nSPS) is 14.7. The Bertz CT molecular complexity index is 733. The van der Waals surface area contributed by atoms with Gasteiger partial charge in [-0.05, 0) is 47.4 Å². The van der Waals surface area contributed by atoms with Crippen molar-refractivity contribution in [2.24, 2.45) is 5.73 Å². The highest BCUT2D eigenvalue weighted by molar-refractivity contribution is 5.99. The minimum Gasteiger partial charge on any atom is -0.383 e. The van der Waals surface area contributed by atoms with Gasteiger partial charge < -0.3 is 15.4 Å². The average Bonchev–Trinajstić information content (AvgIpc) is 2.97. The first kappa shape index (κ1) is 15.6. The Morgan fingerprint density at radius 1 is 1.30 bits per heavy atom. The molecule has 2 aromatic rings. The van der Waals surface area contributed by atoms with Gasteiger partial charge in [-0.1, -0.05) is 18.2 Å². The number of halogens is 1. The molecular weight excluding hydrogens is 295 g/mol. The van der Waals surface area contributed by atoms with Crippen molar-refractivity contribution in [2.75, 3.05) is 25.2 Å². The number of hydrogen-bond donors (Lipinski definition) is 1. The fourth-order valence-corrected chi connectivity index (χ4v) is 2.93. The molecule has 5 heteroatoms. The van der Waals surface area contributed by atoms with Gasteiger partial charge >= 0.3 is 0 Å². The predicted octanol–water partition coefficient (Wildman–Crippen LogP) is 2.36. The Labute approximate surface area is 134 Å². The van der Waals surface area contributed by atoms with Crippen LogP contribution in [0.2, 0.25) is 0 Å². The van der Waals surface area contributed by atoms with Crippen LogP contribution in [0.15, 0.2) is 42.5 Å². The summed E-state index contributed by atoms with van der Waals surface area (Å²) in [4.78, 5) is 14.1. The van der Waals surface area contributed by atoms with Crippen molar-refractivity contribution in [1.82, 2.24) is 0 Å². The summed E-state index contributed by atoms with van der Waals surface area (Å²) in [6, 6.07) is 11.7. The number of rotatable bonds is 4. The summed E-state index contributed by atoms with van der Waals surface area (Å²) < 4.78 is 18.3. The topological polar surface area (TPSA) is 55.6 Å². The van der Waals surface area contributed by atoms with Gasteiger partial charge in [0.05, 0.1) is 6.61 Å². The van der Waals surface area contributed by atoms with Crippen molar-refractivity contribution in [2.45, 2.75) is 12.5 Å². The number of anilines is 1. The molecule has 1 amide bonds. The minimum absolute atomic E-state index is 0.135. The van der Waals surface area contributed by atoms with Gasteiger partial charge in [0.15, 0.2) is 0 Å². The van der Waals surface area contributed by atoms with Gasteiger partial charge in [0.1, 0.15) is 11.9 Å². The van der Waals surface area contributed by atoms with Crippen molar-refractivity contribution in [3.8, 4) is 11.1 Å². The van der Waals surface area contributed by atoms with Crippen LogP contribution >= 0.6 is 0 Å². The molecule has 0 spiro atoms. The lowest BCUT2D eigenvalue weighted by Gasteiger charge is -2.21. The maximum Gasteiger partial charge on any atom is 0.246 e. The fourth-order valence-electron chi connectivity index (χ4n) is 2.93. The molecule has 0 aromatic heterocycles. The highest BCUT2D eigenvalue weighted by Crippen LogP contribution is 2.32. The third-order valence-electron chi connectivity index (χ3n) is 4.06. The lowest BCUT2D eigenvalue weighted by Crippen LogP contribution is -2.45. The van der Waals surface area contributed by atoms with Crippen LogP contribution in [0.1, 0.15) is 5.56 Å². The zero-order valence-electron chi connectivity index (χ0n) is 13.0. The van der Waals surface area contributed by atoms with E-state index in [1.807, 2.05) is 24.3 Å². The number of benzene rings is 2. The Kier molecular flexibility index (Phi) is 4.41. The van der Waals surface area contributed by atoms with E-state index in [-0.39, 0.29) is 18.3 Å². The molecule has 0 aliphatic carbocycles. The lowest BCUT2D eigenvalue weighted by molar-refractivity contribution is -0.120. The molecule has 0 bridgehead atoms. The Morgan fingerprint density at radius 2 is 2.09 bits per heavy atom. The minimum atomic E-state index is -0.658. The van der Waals surface area contributed by atoms with Crippen LogP contribution in [-0.2, 0) is 16.0 Å². The predicted molar refractivity (Wildman–Crippen MR) is 87.7 cm³/mol. The highest BCUT2D eigenvalue weighted by atomic mass is 19.1. The van der Waals surface area contributed by atoms with Crippen LogP contribution in [-0.4, -0.2) is 32.2 Å². The van der Waals surface area contributed by atoms with Crippen molar-refractivity contribution in [3.63, 3.8) is 0 Å². The molecule has 1 unspecified atom stereocenters. The van der Waals surface area contributed by atoms with Crippen molar-refractivity contribution in [3.05, 3.63) is 53.8 Å². The Balaban J connectivity index is 1.87. The molecule has 3 rings (SSSR count). The zero-order chi connectivity index (χ0) is 16.4. The molecule has 0 saturated carbocycles. The second-order valence-electron chi connectivity index (χ2n) is 5.66. The van der Waals surface area contributed by atoms with E-state index in [1.54, 1.807) is 11.0 Å². The molecule has 0 saturated heterocycles. The van der Waals surface area contributed by atoms with Gasteiger partial charge in [0.2, 0.25) is 5.91 Å². The van der Waals surface area contributed by atoms with Gasteiger partial charge in [-0.25, -0.2) is 4.39 Å². The van der Waals surface area contributed by atoms with E-state index in [4.69, 9.17) is 10.5 Å². The lowest BCUT2D eigenvalue weighted by atomic mass is 10.0. The van der Waals surface area contributed by atoms with E-state index in [9.17, 15) is 9.18 Å². The van der Waals surface area contributed by atoms with E-state index in [0.29, 0.717) is 6.54 Å². The number of fused-ring (bicyclic) bond motifs is 1. The van der Waals surface area contributed by atoms with Gasteiger partial charge in [-0.15, -0.1) is 0 Å². The van der Waals surface area contributed by atoms with Crippen molar-refractivity contribution in [1.29, 1.82) is 0 Å². The van der Waals surface area contributed by atoms with Crippen LogP contribution in [0, 0.1) is 5.82 Å².